The van der Waals surface area contributed by atoms with Gasteiger partial charge in [0.2, 0.25) is 0 Å². The molecule has 0 amide bonds. The molecule has 0 fully saturated rings. The lowest BCUT2D eigenvalue weighted by molar-refractivity contribution is -0.139. The fraction of sp³-hybridized carbons (Fsp3) is 0.222. The van der Waals surface area contributed by atoms with Gasteiger partial charge in [-0.2, -0.15) is 0 Å². The number of hydrogen-bond donors (Lipinski definition) is 3. The lowest BCUT2D eigenvalue weighted by Gasteiger charge is -2.05. The lowest BCUT2D eigenvalue weighted by Crippen LogP contribution is -2.09. The highest BCUT2D eigenvalue weighted by atomic mass is 32.1. The maximum Gasteiger partial charge on any atom is 0.309 e. The first-order valence-electron chi connectivity index (χ1n) is 4.02. The Labute approximate surface area is 87.8 Å². The van der Waals surface area contributed by atoms with Gasteiger partial charge in [0.25, 0.3) is 0 Å². The Morgan fingerprint density at radius 3 is 2.86 bits per heavy atom. The highest BCUT2D eigenvalue weighted by Crippen LogP contribution is 2.17. The van der Waals surface area contributed by atoms with E-state index in [9.17, 15) is 4.79 Å². The summed E-state index contributed by atoms with van der Waals surface area (Å²) in [5.74, 6) is 4.97. The van der Waals surface area contributed by atoms with E-state index < -0.39 is 0 Å². The van der Waals surface area contributed by atoms with Crippen LogP contribution in [0.2, 0.25) is 0 Å². The van der Waals surface area contributed by atoms with Gasteiger partial charge in [-0.05, 0) is 23.8 Å². The summed E-state index contributed by atoms with van der Waals surface area (Å²) in [5, 5.41) is 0. The molecular formula is C9H12N2O2S. The maximum atomic E-state index is 11.0. The molecule has 0 aliphatic heterocycles. The fourth-order valence-corrected chi connectivity index (χ4v) is 1.40. The van der Waals surface area contributed by atoms with Crippen LogP contribution < -0.4 is 11.3 Å². The number of hydrogen-bond acceptors (Lipinski definition) is 5. The van der Waals surface area contributed by atoms with Gasteiger partial charge >= 0.3 is 5.97 Å². The van der Waals surface area contributed by atoms with Crippen molar-refractivity contribution in [2.24, 2.45) is 5.84 Å². The summed E-state index contributed by atoms with van der Waals surface area (Å²) in [6.45, 7) is 0. The van der Waals surface area contributed by atoms with E-state index in [1.54, 1.807) is 18.2 Å². The summed E-state index contributed by atoms with van der Waals surface area (Å²) in [4.78, 5) is 11.7. The van der Waals surface area contributed by atoms with Crippen LogP contribution in [0.4, 0.5) is 5.69 Å². The number of rotatable bonds is 3. The van der Waals surface area contributed by atoms with Crippen molar-refractivity contribution < 1.29 is 9.53 Å². The maximum absolute atomic E-state index is 11.0. The van der Waals surface area contributed by atoms with Crippen LogP contribution in [0.15, 0.2) is 23.1 Å². The molecule has 3 N–H and O–H groups in total. The minimum atomic E-state index is -0.285. The van der Waals surface area contributed by atoms with E-state index in [1.165, 1.54) is 7.11 Å². The van der Waals surface area contributed by atoms with Crippen molar-refractivity contribution >= 4 is 24.3 Å². The number of nitrogens with one attached hydrogen (secondary N) is 1. The number of ether oxygens (including phenoxy) is 1. The smallest absolute Gasteiger partial charge is 0.309 e. The van der Waals surface area contributed by atoms with E-state index in [4.69, 9.17) is 5.84 Å². The number of esters is 1. The first kappa shape index (κ1) is 10.9. The monoisotopic (exact) mass is 212 g/mol. The zero-order valence-electron chi connectivity index (χ0n) is 7.78. The molecule has 0 atom stereocenters. The van der Waals surface area contributed by atoms with Gasteiger partial charge in [0.05, 0.1) is 13.5 Å². The molecule has 14 heavy (non-hydrogen) atoms. The third-order valence-corrected chi connectivity index (χ3v) is 1.98. The van der Waals surface area contributed by atoms with Crippen LogP contribution in [-0.4, -0.2) is 13.1 Å². The van der Waals surface area contributed by atoms with Crippen LogP contribution >= 0.6 is 12.6 Å². The summed E-state index contributed by atoms with van der Waals surface area (Å²) in [6, 6.07) is 5.33. The predicted molar refractivity (Wildman–Crippen MR) is 57.2 cm³/mol. The molecule has 76 valence electrons. The van der Waals surface area contributed by atoms with Crippen molar-refractivity contribution in [3.8, 4) is 0 Å². The van der Waals surface area contributed by atoms with Crippen LogP contribution in [0.5, 0.6) is 0 Å². The minimum Gasteiger partial charge on any atom is -0.469 e. The lowest BCUT2D eigenvalue weighted by atomic mass is 10.1. The van der Waals surface area contributed by atoms with Crippen molar-refractivity contribution in [3.63, 3.8) is 0 Å². The summed E-state index contributed by atoms with van der Waals surface area (Å²) < 4.78 is 4.55. The largest absolute Gasteiger partial charge is 0.469 e. The highest BCUT2D eigenvalue weighted by molar-refractivity contribution is 7.80. The van der Waals surface area contributed by atoms with Gasteiger partial charge in [-0.3, -0.25) is 10.6 Å². The van der Waals surface area contributed by atoms with E-state index in [0.717, 1.165) is 16.1 Å². The van der Waals surface area contributed by atoms with Gasteiger partial charge in [0, 0.05) is 10.6 Å². The van der Waals surface area contributed by atoms with E-state index in [2.05, 4.69) is 22.8 Å². The molecule has 5 heteroatoms. The van der Waals surface area contributed by atoms with Crippen LogP contribution in [0.3, 0.4) is 0 Å². The molecule has 4 nitrogen and oxygen atoms in total. The van der Waals surface area contributed by atoms with Crippen molar-refractivity contribution in [2.45, 2.75) is 11.3 Å². The molecule has 0 bridgehead atoms. The zero-order chi connectivity index (χ0) is 10.6. The summed E-state index contributed by atoms with van der Waals surface area (Å²) in [5.41, 5.74) is 4.03. The summed E-state index contributed by atoms with van der Waals surface area (Å²) in [7, 11) is 1.36. The Hall–Kier alpha value is -1.20. The van der Waals surface area contributed by atoms with Crippen LogP contribution in [0.1, 0.15) is 5.56 Å². The average Bonchev–Trinajstić information content (AvgIpc) is 2.16. The second-order valence-corrected chi connectivity index (χ2v) is 3.30. The van der Waals surface area contributed by atoms with Gasteiger partial charge in [0.1, 0.15) is 0 Å². The number of carbonyl (C=O) groups excluding carboxylic acids is 1. The number of benzene rings is 1. The van der Waals surface area contributed by atoms with Crippen LogP contribution in [0.25, 0.3) is 0 Å². The van der Waals surface area contributed by atoms with Crippen molar-refractivity contribution in [2.75, 3.05) is 12.5 Å². The molecule has 1 rings (SSSR count). The molecular weight excluding hydrogens is 200 g/mol. The Kier molecular flexibility index (Phi) is 3.79. The van der Waals surface area contributed by atoms with Gasteiger partial charge in [0.15, 0.2) is 0 Å². The second-order valence-electron chi connectivity index (χ2n) is 2.79. The SMILES string of the molecule is COC(=O)Cc1cc(S)cc(NN)c1. The Morgan fingerprint density at radius 2 is 2.29 bits per heavy atom. The van der Waals surface area contributed by atoms with E-state index in [-0.39, 0.29) is 12.4 Å². The van der Waals surface area contributed by atoms with Gasteiger partial charge < -0.3 is 10.2 Å². The third kappa shape index (κ3) is 2.93. The standard InChI is InChI=1S/C9H12N2O2S/c1-13-9(12)4-6-2-7(11-10)5-8(14)3-6/h2-3,5,11,14H,4,10H2,1H3. The second kappa shape index (κ2) is 4.88. The number of anilines is 1. The topological polar surface area (TPSA) is 64.3 Å². The minimum absolute atomic E-state index is 0.222. The van der Waals surface area contributed by atoms with Gasteiger partial charge in [-0.1, -0.05) is 0 Å². The van der Waals surface area contributed by atoms with Crippen LogP contribution in [-0.2, 0) is 16.0 Å². The van der Waals surface area contributed by atoms with Gasteiger partial charge in [-0.15, -0.1) is 12.6 Å². The normalized spacial score (nSPS) is 9.64. The molecule has 0 radical (unpaired) electrons. The molecule has 0 aliphatic carbocycles. The molecule has 1 aromatic rings. The zero-order valence-corrected chi connectivity index (χ0v) is 8.67. The number of hydrazine groups is 1. The number of nitrogen functional groups attached to an aromatic ring is 1. The quantitative estimate of drug-likeness (QED) is 0.302. The predicted octanol–water partition coefficient (Wildman–Crippen LogP) is 0.976. The van der Waals surface area contributed by atoms with Gasteiger partial charge in [-0.25, -0.2) is 0 Å². The van der Waals surface area contributed by atoms with Crippen molar-refractivity contribution in [1.82, 2.24) is 0 Å². The van der Waals surface area contributed by atoms with Crippen molar-refractivity contribution in [1.29, 1.82) is 0 Å². The van der Waals surface area contributed by atoms with Crippen molar-refractivity contribution in [3.05, 3.63) is 23.8 Å². The van der Waals surface area contributed by atoms with E-state index >= 15 is 0 Å². The molecule has 0 aromatic heterocycles. The van der Waals surface area contributed by atoms with E-state index in [1.807, 2.05) is 0 Å². The Morgan fingerprint density at radius 1 is 1.57 bits per heavy atom. The number of nitrogens with two attached hydrogens (primary N) is 1. The molecule has 0 unspecified atom stereocenters. The summed E-state index contributed by atoms with van der Waals surface area (Å²) >= 11 is 4.18. The fourth-order valence-electron chi connectivity index (χ4n) is 1.10. The number of methoxy groups -OCH3 is 1. The molecule has 0 saturated heterocycles. The average molecular weight is 212 g/mol. The number of thiol groups is 1. The molecule has 0 aliphatic rings. The molecule has 0 spiro atoms. The molecule has 0 saturated carbocycles. The molecule has 0 heterocycles. The third-order valence-electron chi connectivity index (χ3n) is 1.72. The highest BCUT2D eigenvalue weighted by Gasteiger charge is 2.04. The summed E-state index contributed by atoms with van der Waals surface area (Å²) in [6.07, 6.45) is 0.222. The van der Waals surface area contributed by atoms with Crippen LogP contribution in [0, 0.1) is 0 Å². The first-order chi connectivity index (χ1) is 6.65. The molecule has 1 aromatic carbocycles. The number of carbonyl (C=O) groups is 1. The van der Waals surface area contributed by atoms with E-state index in [0.29, 0.717) is 0 Å². The Balaban J connectivity index is 2.86. The first-order valence-corrected chi connectivity index (χ1v) is 4.47. The Bertz CT molecular complexity index is 342.